The van der Waals surface area contributed by atoms with Crippen molar-refractivity contribution in [2.24, 2.45) is 0 Å². The lowest BCUT2D eigenvalue weighted by molar-refractivity contribution is -0.0874. The second kappa shape index (κ2) is 11.5. The van der Waals surface area contributed by atoms with E-state index in [1.165, 1.54) is 11.0 Å². The second-order valence-corrected chi connectivity index (χ2v) is 10.5. The lowest BCUT2D eigenvalue weighted by Crippen LogP contribution is -2.54. The van der Waals surface area contributed by atoms with Gasteiger partial charge in [-0.15, -0.1) is 0 Å². The molecule has 0 aliphatic carbocycles. The molecule has 1 saturated heterocycles. The molecule has 13 heteroatoms. The fourth-order valence-corrected chi connectivity index (χ4v) is 5.81. The number of aliphatic hydroxyl groups is 1. The van der Waals surface area contributed by atoms with Gasteiger partial charge in [0.2, 0.25) is 0 Å². The van der Waals surface area contributed by atoms with Crippen molar-refractivity contribution in [3.63, 3.8) is 0 Å². The summed E-state index contributed by atoms with van der Waals surface area (Å²) in [5, 5.41) is 20.0. The number of hydrogen-bond acceptors (Lipinski definition) is 6. The maximum absolute atomic E-state index is 16.0. The number of fused-ring (bicyclic) bond motifs is 3. The van der Waals surface area contributed by atoms with Gasteiger partial charge in [0.25, 0.3) is 5.92 Å². The van der Waals surface area contributed by atoms with E-state index in [0.717, 1.165) is 17.0 Å². The number of likely N-dealkylation sites (tertiary alicyclic amines) is 1. The van der Waals surface area contributed by atoms with Gasteiger partial charge in [0.15, 0.2) is 0 Å². The molecule has 0 spiro atoms. The molecule has 0 amide bonds. The number of benzene rings is 2. The van der Waals surface area contributed by atoms with E-state index >= 15 is 4.39 Å². The first-order valence-electron chi connectivity index (χ1n) is 13.1. The largest absolute Gasteiger partial charge is 0.434 e. The van der Waals surface area contributed by atoms with Crippen LogP contribution in [0.2, 0.25) is 0 Å². The Balaban J connectivity index is 1.57. The summed E-state index contributed by atoms with van der Waals surface area (Å²) < 4.78 is 89.6. The van der Waals surface area contributed by atoms with Gasteiger partial charge in [0.1, 0.15) is 18.2 Å². The molecule has 1 fully saturated rings. The Labute approximate surface area is 227 Å². The van der Waals surface area contributed by atoms with Gasteiger partial charge in [-0.2, -0.15) is 13.9 Å². The van der Waals surface area contributed by atoms with Crippen molar-refractivity contribution in [2.75, 3.05) is 44.8 Å². The molecular formula is C27H31F6N5O2. The summed E-state index contributed by atoms with van der Waals surface area (Å²) in [5.41, 5.74) is 1.80. The van der Waals surface area contributed by atoms with Gasteiger partial charge in [-0.25, -0.2) is 13.2 Å². The molecule has 2 aliphatic rings. The highest BCUT2D eigenvalue weighted by atomic mass is 19.3. The van der Waals surface area contributed by atoms with E-state index in [1.54, 1.807) is 25.3 Å². The van der Waals surface area contributed by atoms with Crippen LogP contribution < -0.4 is 10.1 Å². The van der Waals surface area contributed by atoms with E-state index in [4.69, 9.17) is 4.74 Å². The SMILES string of the molecule is C[C@@H]1Cc2c(ccc3[nH]ncc23)[C@@H](c2c(F)cc(NC3CN(CCCF)C3)cc2OC(F)F)N1CC(F)(F)CO. The molecule has 2 atom stereocenters. The average Bonchev–Trinajstić information content (AvgIpc) is 3.35. The van der Waals surface area contributed by atoms with Gasteiger partial charge in [-0.05, 0) is 43.0 Å². The van der Waals surface area contributed by atoms with Crippen molar-refractivity contribution in [1.82, 2.24) is 20.0 Å². The number of anilines is 1. The summed E-state index contributed by atoms with van der Waals surface area (Å²) in [6, 6.07) is 3.85. The Morgan fingerprint density at radius 3 is 2.73 bits per heavy atom. The van der Waals surface area contributed by atoms with Crippen LogP contribution in [0.5, 0.6) is 5.75 Å². The van der Waals surface area contributed by atoms with Crippen LogP contribution in [0.15, 0.2) is 30.5 Å². The molecule has 1 aromatic heterocycles. The van der Waals surface area contributed by atoms with Crippen LogP contribution >= 0.6 is 0 Å². The van der Waals surface area contributed by atoms with Gasteiger partial charge in [0, 0.05) is 42.8 Å². The summed E-state index contributed by atoms with van der Waals surface area (Å²) in [6.07, 6.45) is 2.31. The number of aromatic amines is 1. The zero-order valence-electron chi connectivity index (χ0n) is 21.8. The number of rotatable bonds is 11. The molecule has 5 rings (SSSR count). The zero-order chi connectivity index (χ0) is 28.6. The minimum Gasteiger partial charge on any atom is -0.434 e. The average molecular weight is 572 g/mol. The predicted molar refractivity (Wildman–Crippen MR) is 137 cm³/mol. The second-order valence-electron chi connectivity index (χ2n) is 10.5. The molecule has 218 valence electrons. The molecule has 2 aliphatic heterocycles. The van der Waals surface area contributed by atoms with Gasteiger partial charge in [-0.1, -0.05) is 6.07 Å². The Morgan fingerprint density at radius 1 is 1.25 bits per heavy atom. The van der Waals surface area contributed by atoms with Crippen LogP contribution in [-0.4, -0.2) is 89.2 Å². The first kappa shape index (κ1) is 28.5. The number of alkyl halides is 5. The predicted octanol–water partition coefficient (Wildman–Crippen LogP) is 4.72. The fraction of sp³-hybridized carbons (Fsp3) is 0.519. The normalized spacial score (nSPS) is 20.6. The van der Waals surface area contributed by atoms with Crippen LogP contribution in [0.1, 0.15) is 36.1 Å². The van der Waals surface area contributed by atoms with Crippen LogP contribution in [0.3, 0.4) is 0 Å². The van der Waals surface area contributed by atoms with E-state index in [2.05, 4.69) is 15.5 Å². The van der Waals surface area contributed by atoms with Crippen molar-refractivity contribution in [2.45, 2.75) is 50.4 Å². The Hall–Kier alpha value is -3.03. The summed E-state index contributed by atoms with van der Waals surface area (Å²) in [7, 11) is 0. The molecule has 40 heavy (non-hydrogen) atoms. The van der Waals surface area contributed by atoms with Crippen LogP contribution in [0.4, 0.5) is 32.0 Å². The van der Waals surface area contributed by atoms with Gasteiger partial charge < -0.3 is 15.2 Å². The Kier molecular flexibility index (Phi) is 8.16. The number of H-pyrrole nitrogens is 1. The first-order valence-corrected chi connectivity index (χ1v) is 13.1. The summed E-state index contributed by atoms with van der Waals surface area (Å²) in [5.74, 6) is -4.89. The van der Waals surface area contributed by atoms with E-state index < -0.39 is 56.0 Å². The minimum absolute atomic E-state index is 0.103. The number of ether oxygens (including phenoxy) is 1. The van der Waals surface area contributed by atoms with Crippen molar-refractivity contribution >= 4 is 16.6 Å². The number of nitrogens with one attached hydrogen (secondary N) is 2. The van der Waals surface area contributed by atoms with E-state index in [-0.39, 0.29) is 17.3 Å². The maximum Gasteiger partial charge on any atom is 0.387 e. The van der Waals surface area contributed by atoms with E-state index in [0.29, 0.717) is 43.6 Å². The molecular weight excluding hydrogens is 540 g/mol. The van der Waals surface area contributed by atoms with E-state index in [1.807, 2.05) is 4.90 Å². The lowest BCUT2D eigenvalue weighted by atomic mass is 9.82. The molecule has 7 nitrogen and oxygen atoms in total. The number of halogens is 6. The van der Waals surface area contributed by atoms with Crippen molar-refractivity contribution in [3.8, 4) is 5.75 Å². The maximum atomic E-state index is 16.0. The number of hydrogen-bond donors (Lipinski definition) is 3. The number of aliphatic hydroxyl groups excluding tert-OH is 1. The van der Waals surface area contributed by atoms with Gasteiger partial charge in [-0.3, -0.25) is 19.3 Å². The number of nitrogens with zero attached hydrogens (tertiary/aromatic N) is 3. The van der Waals surface area contributed by atoms with Gasteiger partial charge in [0.05, 0.1) is 42.6 Å². The third-order valence-corrected chi connectivity index (χ3v) is 7.63. The third-order valence-electron chi connectivity index (χ3n) is 7.63. The zero-order valence-corrected chi connectivity index (χ0v) is 21.8. The molecule has 0 unspecified atom stereocenters. The highest BCUT2D eigenvalue weighted by Gasteiger charge is 2.43. The molecule has 0 saturated carbocycles. The summed E-state index contributed by atoms with van der Waals surface area (Å²) in [6.45, 7) is -2.65. The van der Waals surface area contributed by atoms with Gasteiger partial charge >= 0.3 is 6.61 Å². The van der Waals surface area contributed by atoms with Crippen LogP contribution in [0.25, 0.3) is 10.9 Å². The lowest BCUT2D eigenvalue weighted by Gasteiger charge is -2.44. The number of aromatic nitrogens is 2. The molecule has 3 heterocycles. The first-order chi connectivity index (χ1) is 19.1. The van der Waals surface area contributed by atoms with Crippen LogP contribution in [0, 0.1) is 5.82 Å². The quantitative estimate of drug-likeness (QED) is 0.289. The molecule has 2 aromatic carbocycles. The third kappa shape index (κ3) is 5.72. The fourth-order valence-electron chi connectivity index (χ4n) is 5.81. The Bertz CT molecular complexity index is 1330. The highest BCUT2D eigenvalue weighted by Crippen LogP contribution is 2.46. The summed E-state index contributed by atoms with van der Waals surface area (Å²) in [4.78, 5) is 3.33. The molecule has 0 bridgehead atoms. The summed E-state index contributed by atoms with van der Waals surface area (Å²) >= 11 is 0. The molecule has 0 radical (unpaired) electrons. The Morgan fingerprint density at radius 2 is 2.02 bits per heavy atom. The standard InChI is InChI=1S/C27H31F6N5O2/c1-15-7-19-18(3-4-22-20(19)10-34-36-22)25(38(15)13-27(32,33)14-39)24-21(29)8-16(9-23(24)40-26(30)31)35-17-11-37(12-17)6-2-5-28/h3-4,8-10,15,17,25-26,35,39H,2,5-7,11-14H2,1H3,(H,34,36)/t15-,25+/m1/s1. The van der Waals surface area contributed by atoms with E-state index in [9.17, 15) is 27.1 Å². The smallest absolute Gasteiger partial charge is 0.387 e. The van der Waals surface area contributed by atoms with Crippen molar-refractivity contribution < 1.29 is 36.2 Å². The highest BCUT2D eigenvalue weighted by molar-refractivity contribution is 5.84. The topological polar surface area (TPSA) is 76.7 Å². The van der Waals surface area contributed by atoms with Crippen LogP contribution in [-0.2, 0) is 6.42 Å². The monoisotopic (exact) mass is 571 g/mol. The minimum atomic E-state index is -3.52. The van der Waals surface area contributed by atoms with Crippen molar-refractivity contribution in [1.29, 1.82) is 0 Å². The van der Waals surface area contributed by atoms with Crippen molar-refractivity contribution in [3.05, 3.63) is 53.0 Å². The molecule has 3 N–H and O–H groups in total. The molecule has 3 aromatic rings.